The van der Waals surface area contributed by atoms with Gasteiger partial charge in [-0.2, -0.15) is 0 Å². The maximum atomic E-state index is 10.2. The highest BCUT2D eigenvalue weighted by Crippen LogP contribution is 1.92. The molecule has 0 spiro atoms. The molecular formula is C9H9NO6. The first-order chi connectivity index (χ1) is 7.43. The number of nitrogens with zero attached hydrogens (tertiary/aromatic N) is 1. The largest absolute Gasteiger partial charge is 0.481 e. The number of hydrogen-bond acceptors (Lipinski definition) is 4. The standard InChI is InChI=1S/C6H5NO2.C3H4O4/c8-6(9)5-2-1-3-7-4-5;4-2(5)1-3(6)7/h1-4H,(H,8,9);1H2,(H,4,5)(H,6,7). The molecule has 0 unspecified atom stereocenters. The summed E-state index contributed by atoms with van der Waals surface area (Å²) in [6.07, 6.45) is 2.04. The van der Waals surface area contributed by atoms with E-state index in [9.17, 15) is 14.4 Å². The summed E-state index contributed by atoms with van der Waals surface area (Å²) in [5.41, 5.74) is 0.220. The smallest absolute Gasteiger partial charge is 0.337 e. The number of rotatable bonds is 3. The normalized spacial score (nSPS) is 8.50. The summed E-state index contributed by atoms with van der Waals surface area (Å²) >= 11 is 0. The third-order valence-electron chi connectivity index (χ3n) is 1.21. The molecule has 0 aromatic carbocycles. The molecule has 0 aliphatic heterocycles. The molecule has 0 fully saturated rings. The van der Waals surface area contributed by atoms with Crippen molar-refractivity contribution >= 4 is 17.9 Å². The van der Waals surface area contributed by atoms with Crippen molar-refractivity contribution in [3.63, 3.8) is 0 Å². The van der Waals surface area contributed by atoms with Gasteiger partial charge in [0.05, 0.1) is 5.56 Å². The second-order valence-electron chi connectivity index (χ2n) is 2.51. The van der Waals surface area contributed by atoms with Crippen molar-refractivity contribution in [1.82, 2.24) is 4.98 Å². The number of carboxylic acids is 3. The second-order valence-corrected chi connectivity index (χ2v) is 2.51. The Morgan fingerprint density at radius 1 is 1.12 bits per heavy atom. The maximum absolute atomic E-state index is 10.2. The zero-order valence-corrected chi connectivity index (χ0v) is 8.03. The molecule has 16 heavy (non-hydrogen) atoms. The Labute approximate surface area is 90.0 Å². The Hall–Kier alpha value is -2.44. The van der Waals surface area contributed by atoms with Crippen molar-refractivity contribution in [2.45, 2.75) is 6.42 Å². The SMILES string of the molecule is O=C(O)CC(=O)O.O=C(O)c1cccnc1. The van der Waals surface area contributed by atoms with E-state index in [2.05, 4.69) is 4.98 Å². The van der Waals surface area contributed by atoms with Crippen LogP contribution in [0.2, 0.25) is 0 Å². The van der Waals surface area contributed by atoms with Gasteiger partial charge in [0, 0.05) is 12.4 Å². The molecule has 0 atom stereocenters. The number of aromatic carboxylic acids is 1. The minimum Gasteiger partial charge on any atom is -0.481 e. The Kier molecular flexibility index (Phi) is 5.88. The summed E-state index contributed by atoms with van der Waals surface area (Å²) in [5, 5.41) is 23.8. The van der Waals surface area contributed by atoms with Crippen LogP contribution >= 0.6 is 0 Å². The van der Waals surface area contributed by atoms with Crippen LogP contribution in [0.4, 0.5) is 0 Å². The van der Waals surface area contributed by atoms with Gasteiger partial charge >= 0.3 is 17.9 Å². The third-order valence-corrected chi connectivity index (χ3v) is 1.21. The summed E-state index contributed by atoms with van der Waals surface area (Å²) in [7, 11) is 0. The van der Waals surface area contributed by atoms with Crippen LogP contribution in [0.25, 0.3) is 0 Å². The number of hydrogen-bond donors (Lipinski definition) is 3. The van der Waals surface area contributed by atoms with Crippen molar-refractivity contribution < 1.29 is 29.7 Å². The highest BCUT2D eigenvalue weighted by molar-refractivity contribution is 5.88. The number of pyridine rings is 1. The van der Waals surface area contributed by atoms with E-state index in [-0.39, 0.29) is 5.56 Å². The van der Waals surface area contributed by atoms with E-state index in [1.807, 2.05) is 0 Å². The summed E-state index contributed by atoms with van der Waals surface area (Å²) < 4.78 is 0. The predicted octanol–water partition coefficient (Wildman–Crippen LogP) is 0.325. The van der Waals surface area contributed by atoms with Crippen molar-refractivity contribution in [3.05, 3.63) is 30.1 Å². The minimum atomic E-state index is -1.31. The molecule has 86 valence electrons. The lowest BCUT2D eigenvalue weighted by molar-refractivity contribution is -0.147. The molecule has 0 saturated heterocycles. The first kappa shape index (κ1) is 13.6. The summed E-state index contributed by atoms with van der Waals surface area (Å²) in [4.78, 5) is 32.6. The monoisotopic (exact) mass is 227 g/mol. The van der Waals surface area contributed by atoms with Gasteiger partial charge in [-0.25, -0.2) is 4.79 Å². The minimum absolute atomic E-state index is 0.220. The average Bonchev–Trinajstić information content (AvgIpc) is 2.17. The molecule has 1 aromatic rings. The molecule has 7 nitrogen and oxygen atoms in total. The highest BCUT2D eigenvalue weighted by atomic mass is 16.4. The van der Waals surface area contributed by atoms with E-state index in [1.54, 1.807) is 6.07 Å². The van der Waals surface area contributed by atoms with Gasteiger partial charge in [-0.05, 0) is 12.1 Å². The molecule has 0 bridgehead atoms. The van der Waals surface area contributed by atoms with Crippen LogP contribution in [0.5, 0.6) is 0 Å². The molecule has 0 amide bonds. The summed E-state index contributed by atoms with van der Waals surface area (Å²) in [6.45, 7) is 0. The van der Waals surface area contributed by atoms with Crippen molar-refractivity contribution in [2.75, 3.05) is 0 Å². The van der Waals surface area contributed by atoms with Crippen LogP contribution in [0.3, 0.4) is 0 Å². The van der Waals surface area contributed by atoms with Gasteiger partial charge in [-0.3, -0.25) is 14.6 Å². The molecule has 0 radical (unpaired) electrons. The van der Waals surface area contributed by atoms with Gasteiger partial charge in [0.15, 0.2) is 0 Å². The predicted molar refractivity (Wildman–Crippen MR) is 51.1 cm³/mol. The first-order valence-electron chi connectivity index (χ1n) is 4.00. The average molecular weight is 227 g/mol. The van der Waals surface area contributed by atoms with Crippen LogP contribution in [-0.2, 0) is 9.59 Å². The topological polar surface area (TPSA) is 125 Å². The van der Waals surface area contributed by atoms with E-state index in [4.69, 9.17) is 15.3 Å². The molecule has 0 saturated carbocycles. The van der Waals surface area contributed by atoms with E-state index in [1.165, 1.54) is 18.5 Å². The molecule has 1 aromatic heterocycles. The van der Waals surface area contributed by atoms with Crippen LogP contribution in [0.15, 0.2) is 24.5 Å². The number of aromatic nitrogens is 1. The Balaban J connectivity index is 0.000000293. The second kappa shape index (κ2) is 6.93. The Morgan fingerprint density at radius 2 is 1.69 bits per heavy atom. The lowest BCUT2D eigenvalue weighted by atomic mass is 10.3. The van der Waals surface area contributed by atoms with Crippen molar-refractivity contribution in [3.8, 4) is 0 Å². The zero-order chi connectivity index (χ0) is 12.6. The van der Waals surface area contributed by atoms with Gasteiger partial charge in [0.2, 0.25) is 0 Å². The summed E-state index contributed by atoms with van der Waals surface area (Å²) in [5.74, 6) is -3.57. The quantitative estimate of drug-likeness (QED) is 0.635. The van der Waals surface area contributed by atoms with Gasteiger partial charge in [0.25, 0.3) is 0 Å². The molecule has 7 heteroatoms. The van der Waals surface area contributed by atoms with Gasteiger partial charge in [-0.1, -0.05) is 0 Å². The van der Waals surface area contributed by atoms with Gasteiger partial charge in [0.1, 0.15) is 6.42 Å². The number of aliphatic carboxylic acids is 2. The third kappa shape index (κ3) is 7.01. The fourth-order valence-corrected chi connectivity index (χ4v) is 0.619. The Bertz CT molecular complexity index is 363. The Morgan fingerprint density at radius 3 is 1.88 bits per heavy atom. The maximum Gasteiger partial charge on any atom is 0.337 e. The van der Waals surface area contributed by atoms with E-state index < -0.39 is 24.3 Å². The molecule has 0 aliphatic rings. The molecule has 3 N–H and O–H groups in total. The molecule has 1 heterocycles. The number of carboxylic acid groups (broad SMARTS) is 3. The fraction of sp³-hybridized carbons (Fsp3) is 0.111. The van der Waals surface area contributed by atoms with Crippen LogP contribution in [0, 0.1) is 0 Å². The van der Waals surface area contributed by atoms with Gasteiger partial charge < -0.3 is 15.3 Å². The van der Waals surface area contributed by atoms with E-state index in [0.29, 0.717) is 0 Å². The van der Waals surface area contributed by atoms with Crippen LogP contribution in [0.1, 0.15) is 16.8 Å². The highest BCUT2D eigenvalue weighted by Gasteiger charge is 2.01. The lowest BCUT2D eigenvalue weighted by Crippen LogP contribution is -2.03. The fourth-order valence-electron chi connectivity index (χ4n) is 0.619. The zero-order valence-electron chi connectivity index (χ0n) is 8.03. The van der Waals surface area contributed by atoms with Gasteiger partial charge in [-0.15, -0.1) is 0 Å². The molecule has 1 rings (SSSR count). The van der Waals surface area contributed by atoms with E-state index in [0.717, 1.165) is 0 Å². The lowest BCUT2D eigenvalue weighted by Gasteiger charge is -1.87. The van der Waals surface area contributed by atoms with Crippen molar-refractivity contribution in [2.24, 2.45) is 0 Å². The molecular weight excluding hydrogens is 218 g/mol. The summed E-state index contributed by atoms with van der Waals surface area (Å²) in [6, 6.07) is 3.08. The first-order valence-corrected chi connectivity index (χ1v) is 4.00. The van der Waals surface area contributed by atoms with Crippen LogP contribution < -0.4 is 0 Å². The molecule has 0 aliphatic carbocycles. The van der Waals surface area contributed by atoms with Crippen molar-refractivity contribution in [1.29, 1.82) is 0 Å². The van der Waals surface area contributed by atoms with Crippen LogP contribution in [-0.4, -0.2) is 38.2 Å². The van der Waals surface area contributed by atoms with E-state index >= 15 is 0 Å². The number of carbonyl (C=O) groups is 3.